The van der Waals surface area contributed by atoms with E-state index in [0.717, 1.165) is 0 Å². The summed E-state index contributed by atoms with van der Waals surface area (Å²) in [5.74, 6) is 1.88. The first-order valence-corrected chi connectivity index (χ1v) is 8.98. The van der Waals surface area contributed by atoms with Gasteiger partial charge in [0, 0.05) is 6.54 Å². The van der Waals surface area contributed by atoms with E-state index >= 15 is 0 Å². The first-order valence-electron chi connectivity index (χ1n) is 7.50. The average molecular weight is 313 g/mol. The van der Waals surface area contributed by atoms with Gasteiger partial charge < -0.3 is 4.74 Å². The molecule has 1 N–H and O–H groups in total. The minimum atomic E-state index is -3.46. The predicted octanol–water partition coefficient (Wildman–Crippen LogP) is 3.29. The second kappa shape index (κ2) is 7.80. The Balaban J connectivity index is 2.77. The molecule has 0 aromatic heterocycles. The maximum Gasteiger partial charge on any atom is 0.240 e. The molecule has 0 spiro atoms. The summed E-state index contributed by atoms with van der Waals surface area (Å²) in [6, 6.07) is 6.51. The SMILES string of the molecule is CCOc1ccc(S(=O)(=O)NCC(C(C)C)C(C)C)cc1. The van der Waals surface area contributed by atoms with Gasteiger partial charge in [-0.25, -0.2) is 13.1 Å². The average Bonchev–Trinajstić information content (AvgIpc) is 2.39. The smallest absolute Gasteiger partial charge is 0.240 e. The van der Waals surface area contributed by atoms with Gasteiger partial charge in [0.05, 0.1) is 11.5 Å². The van der Waals surface area contributed by atoms with E-state index in [-0.39, 0.29) is 4.90 Å². The summed E-state index contributed by atoms with van der Waals surface area (Å²) in [6.45, 7) is 11.4. The number of ether oxygens (including phenoxy) is 1. The number of hydrogen-bond donors (Lipinski definition) is 1. The molecule has 0 saturated carbocycles. The molecule has 5 heteroatoms. The molecule has 0 atom stereocenters. The molecule has 0 radical (unpaired) electrons. The van der Waals surface area contributed by atoms with Crippen LogP contribution in [0.1, 0.15) is 34.6 Å². The van der Waals surface area contributed by atoms with Gasteiger partial charge in [0.15, 0.2) is 0 Å². The lowest BCUT2D eigenvalue weighted by atomic mass is 9.86. The van der Waals surface area contributed by atoms with Crippen LogP contribution in [0, 0.1) is 17.8 Å². The van der Waals surface area contributed by atoms with Crippen molar-refractivity contribution in [3.8, 4) is 5.75 Å². The van der Waals surface area contributed by atoms with Crippen molar-refractivity contribution < 1.29 is 13.2 Å². The molecule has 0 aliphatic rings. The first-order chi connectivity index (χ1) is 9.77. The van der Waals surface area contributed by atoms with Crippen LogP contribution in [0.25, 0.3) is 0 Å². The van der Waals surface area contributed by atoms with Gasteiger partial charge in [0.1, 0.15) is 5.75 Å². The standard InChI is InChI=1S/C16H27NO3S/c1-6-20-14-7-9-15(10-8-14)21(18,19)17-11-16(12(2)3)13(4)5/h7-10,12-13,16-17H,6,11H2,1-5H3. The Morgan fingerprint density at radius 2 is 1.57 bits per heavy atom. The van der Waals surface area contributed by atoms with Crippen LogP contribution in [-0.2, 0) is 10.0 Å². The summed E-state index contributed by atoms with van der Waals surface area (Å²) in [7, 11) is -3.46. The quantitative estimate of drug-likeness (QED) is 0.801. The Bertz CT molecular complexity index is 513. The van der Waals surface area contributed by atoms with Crippen molar-refractivity contribution in [3.05, 3.63) is 24.3 Å². The third-order valence-corrected chi connectivity index (χ3v) is 5.11. The van der Waals surface area contributed by atoms with E-state index in [1.807, 2.05) is 6.92 Å². The summed E-state index contributed by atoms with van der Waals surface area (Å²) in [6.07, 6.45) is 0. The van der Waals surface area contributed by atoms with Crippen molar-refractivity contribution in [2.45, 2.75) is 39.5 Å². The van der Waals surface area contributed by atoms with Crippen LogP contribution in [-0.4, -0.2) is 21.6 Å². The van der Waals surface area contributed by atoms with Crippen LogP contribution in [0.2, 0.25) is 0 Å². The molecular weight excluding hydrogens is 286 g/mol. The fourth-order valence-corrected chi connectivity index (χ4v) is 3.49. The minimum Gasteiger partial charge on any atom is -0.494 e. The molecular formula is C16H27NO3S. The Hall–Kier alpha value is -1.07. The first kappa shape index (κ1) is 18.0. The summed E-state index contributed by atoms with van der Waals surface area (Å²) in [5, 5.41) is 0. The van der Waals surface area contributed by atoms with Crippen molar-refractivity contribution in [1.82, 2.24) is 4.72 Å². The zero-order chi connectivity index (χ0) is 16.0. The van der Waals surface area contributed by atoms with Crippen molar-refractivity contribution in [2.75, 3.05) is 13.2 Å². The monoisotopic (exact) mass is 313 g/mol. The van der Waals surface area contributed by atoms with Gasteiger partial charge in [-0.2, -0.15) is 0 Å². The topological polar surface area (TPSA) is 55.4 Å². The van der Waals surface area contributed by atoms with Crippen LogP contribution < -0.4 is 9.46 Å². The van der Waals surface area contributed by atoms with Gasteiger partial charge in [-0.05, 0) is 48.9 Å². The van der Waals surface area contributed by atoms with Gasteiger partial charge in [-0.1, -0.05) is 27.7 Å². The third kappa shape index (κ3) is 5.32. The molecule has 0 bridgehead atoms. The summed E-state index contributed by atoms with van der Waals surface area (Å²) >= 11 is 0. The highest BCUT2D eigenvalue weighted by molar-refractivity contribution is 7.89. The highest BCUT2D eigenvalue weighted by Gasteiger charge is 2.21. The zero-order valence-corrected chi connectivity index (χ0v) is 14.4. The molecule has 0 saturated heterocycles. The zero-order valence-electron chi connectivity index (χ0n) is 13.6. The van der Waals surface area contributed by atoms with Gasteiger partial charge in [0.25, 0.3) is 0 Å². The Labute approximate surface area is 129 Å². The summed E-state index contributed by atoms with van der Waals surface area (Å²) < 4.78 is 32.6. The van der Waals surface area contributed by atoms with Crippen molar-refractivity contribution in [3.63, 3.8) is 0 Å². The molecule has 1 rings (SSSR count). The fraction of sp³-hybridized carbons (Fsp3) is 0.625. The predicted molar refractivity (Wildman–Crippen MR) is 86.0 cm³/mol. The highest BCUT2D eigenvalue weighted by atomic mass is 32.2. The largest absolute Gasteiger partial charge is 0.494 e. The minimum absolute atomic E-state index is 0.275. The van der Waals surface area contributed by atoms with Crippen LogP contribution >= 0.6 is 0 Å². The number of nitrogens with one attached hydrogen (secondary N) is 1. The van der Waals surface area contributed by atoms with Crippen LogP contribution in [0.15, 0.2) is 29.2 Å². The highest BCUT2D eigenvalue weighted by Crippen LogP contribution is 2.21. The molecule has 0 aliphatic heterocycles. The number of hydrogen-bond acceptors (Lipinski definition) is 3. The lowest BCUT2D eigenvalue weighted by Crippen LogP contribution is -2.33. The molecule has 0 fully saturated rings. The molecule has 0 aliphatic carbocycles. The van der Waals surface area contributed by atoms with Crippen LogP contribution in [0.5, 0.6) is 5.75 Å². The lowest BCUT2D eigenvalue weighted by molar-refractivity contribution is 0.289. The van der Waals surface area contributed by atoms with Crippen molar-refractivity contribution in [1.29, 1.82) is 0 Å². The maximum absolute atomic E-state index is 12.3. The second-order valence-corrected chi connectivity index (χ2v) is 7.68. The summed E-state index contributed by atoms with van der Waals surface area (Å²) in [5.41, 5.74) is 0. The van der Waals surface area contributed by atoms with E-state index in [9.17, 15) is 8.42 Å². The molecule has 21 heavy (non-hydrogen) atoms. The van der Waals surface area contributed by atoms with Crippen molar-refractivity contribution >= 4 is 10.0 Å². The summed E-state index contributed by atoms with van der Waals surface area (Å²) in [4.78, 5) is 0.275. The molecule has 0 heterocycles. The van der Waals surface area contributed by atoms with Crippen LogP contribution in [0.3, 0.4) is 0 Å². The van der Waals surface area contributed by atoms with E-state index in [4.69, 9.17) is 4.74 Å². The second-order valence-electron chi connectivity index (χ2n) is 5.91. The van der Waals surface area contributed by atoms with E-state index in [0.29, 0.717) is 36.7 Å². The Kier molecular flexibility index (Phi) is 6.68. The lowest BCUT2D eigenvalue weighted by Gasteiger charge is -2.25. The molecule has 0 amide bonds. The van der Waals surface area contributed by atoms with E-state index < -0.39 is 10.0 Å². The normalized spacial score (nSPS) is 12.4. The van der Waals surface area contributed by atoms with E-state index in [1.165, 1.54) is 0 Å². The molecule has 1 aromatic carbocycles. The van der Waals surface area contributed by atoms with Gasteiger partial charge in [-0.15, -0.1) is 0 Å². The molecule has 1 aromatic rings. The maximum atomic E-state index is 12.3. The Morgan fingerprint density at radius 1 is 1.05 bits per heavy atom. The molecule has 120 valence electrons. The van der Waals surface area contributed by atoms with Gasteiger partial charge >= 0.3 is 0 Å². The Morgan fingerprint density at radius 3 is 2.00 bits per heavy atom. The van der Waals surface area contributed by atoms with Gasteiger partial charge in [0.2, 0.25) is 10.0 Å². The van der Waals surface area contributed by atoms with Crippen LogP contribution in [0.4, 0.5) is 0 Å². The van der Waals surface area contributed by atoms with E-state index in [1.54, 1.807) is 24.3 Å². The number of benzene rings is 1. The van der Waals surface area contributed by atoms with E-state index in [2.05, 4.69) is 32.4 Å². The van der Waals surface area contributed by atoms with Crippen molar-refractivity contribution in [2.24, 2.45) is 17.8 Å². The van der Waals surface area contributed by atoms with Gasteiger partial charge in [-0.3, -0.25) is 0 Å². The fourth-order valence-electron chi connectivity index (χ4n) is 2.41. The third-order valence-electron chi connectivity index (χ3n) is 3.67. The molecule has 0 unspecified atom stereocenters. The number of rotatable bonds is 8. The number of sulfonamides is 1. The molecule has 4 nitrogen and oxygen atoms in total.